The van der Waals surface area contributed by atoms with E-state index in [2.05, 4.69) is 33.5 Å². The van der Waals surface area contributed by atoms with Crippen LogP contribution in [0.3, 0.4) is 0 Å². The molecule has 1 aromatic heterocycles. The van der Waals surface area contributed by atoms with Crippen molar-refractivity contribution in [3.8, 4) is 5.75 Å². The van der Waals surface area contributed by atoms with Gasteiger partial charge in [0, 0.05) is 56.6 Å². The van der Waals surface area contributed by atoms with Crippen molar-refractivity contribution in [1.82, 2.24) is 20.5 Å². The fraction of sp³-hybridized carbons (Fsp3) is 0.478. The summed E-state index contributed by atoms with van der Waals surface area (Å²) in [6.45, 7) is 9.38. The number of morpholine rings is 1. The van der Waals surface area contributed by atoms with Crippen LogP contribution in [0.2, 0.25) is 0 Å². The maximum absolute atomic E-state index is 6.07. The molecule has 0 amide bonds. The maximum Gasteiger partial charge on any atom is 0.191 e. The number of rotatable bonds is 10. The second-order valence-corrected chi connectivity index (χ2v) is 7.10. The van der Waals surface area contributed by atoms with Gasteiger partial charge in [0.15, 0.2) is 5.96 Å². The summed E-state index contributed by atoms with van der Waals surface area (Å²) < 4.78 is 11.5. The normalized spacial score (nSPS) is 14.5. The molecule has 0 aliphatic carbocycles. The summed E-state index contributed by atoms with van der Waals surface area (Å²) in [7, 11) is 0. The van der Waals surface area contributed by atoms with Gasteiger partial charge in [0.1, 0.15) is 12.4 Å². The van der Waals surface area contributed by atoms with Gasteiger partial charge in [-0.1, -0.05) is 24.3 Å². The SMILES string of the molecule is CCNC(=NCc1ccccc1OCCN1CCOCC1)NCCc1ccccn1.I. The Morgan fingerprint density at radius 3 is 2.71 bits per heavy atom. The van der Waals surface area contributed by atoms with Gasteiger partial charge in [-0.05, 0) is 25.1 Å². The summed E-state index contributed by atoms with van der Waals surface area (Å²) in [6, 6.07) is 14.1. The molecule has 1 saturated heterocycles. The van der Waals surface area contributed by atoms with Crippen molar-refractivity contribution in [2.75, 3.05) is 52.5 Å². The first-order chi connectivity index (χ1) is 14.8. The number of halogens is 1. The van der Waals surface area contributed by atoms with E-state index in [1.54, 1.807) is 0 Å². The van der Waals surface area contributed by atoms with Gasteiger partial charge in [0.25, 0.3) is 0 Å². The smallest absolute Gasteiger partial charge is 0.191 e. The van der Waals surface area contributed by atoms with Crippen LogP contribution >= 0.6 is 24.0 Å². The van der Waals surface area contributed by atoms with E-state index < -0.39 is 0 Å². The highest BCUT2D eigenvalue weighted by molar-refractivity contribution is 14.0. The molecular weight excluding hydrogens is 505 g/mol. The van der Waals surface area contributed by atoms with Gasteiger partial charge < -0.3 is 20.1 Å². The molecule has 1 aliphatic rings. The molecular formula is C23H34IN5O2. The predicted octanol–water partition coefficient (Wildman–Crippen LogP) is 2.71. The van der Waals surface area contributed by atoms with Gasteiger partial charge in [-0.2, -0.15) is 0 Å². The topological polar surface area (TPSA) is 71.0 Å². The van der Waals surface area contributed by atoms with E-state index in [0.717, 1.165) is 75.3 Å². The van der Waals surface area contributed by atoms with Crippen molar-refractivity contribution in [3.63, 3.8) is 0 Å². The number of nitrogens with zero attached hydrogens (tertiary/aromatic N) is 3. The Hall–Kier alpha value is -1.91. The molecule has 0 unspecified atom stereocenters. The lowest BCUT2D eigenvalue weighted by molar-refractivity contribution is 0.0322. The van der Waals surface area contributed by atoms with Gasteiger partial charge >= 0.3 is 0 Å². The molecule has 7 nitrogen and oxygen atoms in total. The zero-order valence-electron chi connectivity index (χ0n) is 18.3. The predicted molar refractivity (Wildman–Crippen MR) is 135 cm³/mol. The fourth-order valence-electron chi connectivity index (χ4n) is 3.25. The van der Waals surface area contributed by atoms with Crippen molar-refractivity contribution in [1.29, 1.82) is 0 Å². The lowest BCUT2D eigenvalue weighted by Gasteiger charge is -2.26. The van der Waals surface area contributed by atoms with Crippen molar-refractivity contribution in [2.24, 2.45) is 4.99 Å². The molecule has 0 spiro atoms. The quantitative estimate of drug-likeness (QED) is 0.275. The van der Waals surface area contributed by atoms with Crippen molar-refractivity contribution < 1.29 is 9.47 Å². The highest BCUT2D eigenvalue weighted by atomic mass is 127. The molecule has 0 saturated carbocycles. The number of aliphatic imine (C=N–C) groups is 1. The molecule has 1 aliphatic heterocycles. The average Bonchev–Trinajstić information content (AvgIpc) is 2.80. The van der Waals surface area contributed by atoms with E-state index in [9.17, 15) is 0 Å². The zero-order chi connectivity index (χ0) is 20.9. The van der Waals surface area contributed by atoms with Gasteiger partial charge in [-0.3, -0.25) is 9.88 Å². The Morgan fingerprint density at radius 2 is 1.94 bits per heavy atom. The molecule has 170 valence electrons. The van der Waals surface area contributed by atoms with E-state index >= 15 is 0 Å². The number of para-hydroxylation sites is 1. The van der Waals surface area contributed by atoms with Crippen LogP contribution < -0.4 is 15.4 Å². The Bertz CT molecular complexity index is 770. The standard InChI is InChI=1S/C23H33N5O2.HI/c1-2-24-23(26-12-10-21-8-5-6-11-25-21)27-19-20-7-3-4-9-22(20)30-18-15-28-13-16-29-17-14-28;/h3-9,11H,2,10,12-19H2,1H3,(H2,24,26,27);1H. The molecule has 2 aromatic rings. The highest BCUT2D eigenvalue weighted by Crippen LogP contribution is 2.19. The number of hydrogen-bond donors (Lipinski definition) is 2. The van der Waals surface area contributed by atoms with Crippen LogP contribution in [-0.2, 0) is 17.7 Å². The Balaban J connectivity index is 0.00000341. The van der Waals surface area contributed by atoms with Gasteiger partial charge in [-0.25, -0.2) is 4.99 Å². The van der Waals surface area contributed by atoms with Crippen LogP contribution in [0.5, 0.6) is 5.75 Å². The molecule has 0 bridgehead atoms. The lowest BCUT2D eigenvalue weighted by Crippen LogP contribution is -2.38. The van der Waals surface area contributed by atoms with E-state index in [4.69, 9.17) is 14.5 Å². The third-order valence-corrected chi connectivity index (χ3v) is 4.89. The monoisotopic (exact) mass is 539 g/mol. The molecule has 2 heterocycles. The number of benzene rings is 1. The van der Waals surface area contributed by atoms with E-state index in [0.29, 0.717) is 13.2 Å². The van der Waals surface area contributed by atoms with Crippen molar-refractivity contribution >= 4 is 29.9 Å². The number of nitrogens with one attached hydrogen (secondary N) is 2. The Labute approximate surface area is 202 Å². The largest absolute Gasteiger partial charge is 0.492 e. The summed E-state index contributed by atoms with van der Waals surface area (Å²) in [5, 5.41) is 6.69. The molecule has 0 radical (unpaired) electrons. The molecule has 1 fully saturated rings. The van der Waals surface area contributed by atoms with E-state index in [1.807, 2.05) is 42.6 Å². The molecule has 3 rings (SSSR count). The number of pyridine rings is 1. The number of hydrogen-bond acceptors (Lipinski definition) is 5. The summed E-state index contributed by atoms with van der Waals surface area (Å²) >= 11 is 0. The molecule has 2 N–H and O–H groups in total. The van der Waals surface area contributed by atoms with E-state index in [1.165, 1.54) is 0 Å². The van der Waals surface area contributed by atoms with Crippen molar-refractivity contribution in [2.45, 2.75) is 19.9 Å². The van der Waals surface area contributed by atoms with Crippen LogP contribution in [0.15, 0.2) is 53.7 Å². The Kier molecular flexibility index (Phi) is 12.3. The lowest BCUT2D eigenvalue weighted by atomic mass is 10.2. The van der Waals surface area contributed by atoms with Crippen LogP contribution in [0, 0.1) is 0 Å². The first-order valence-electron chi connectivity index (χ1n) is 10.8. The fourth-order valence-corrected chi connectivity index (χ4v) is 3.25. The summed E-state index contributed by atoms with van der Waals surface area (Å²) in [5.74, 6) is 1.70. The van der Waals surface area contributed by atoms with Gasteiger partial charge in [-0.15, -0.1) is 24.0 Å². The van der Waals surface area contributed by atoms with Crippen LogP contribution in [0.4, 0.5) is 0 Å². The third kappa shape index (κ3) is 9.40. The Morgan fingerprint density at radius 1 is 1.13 bits per heavy atom. The first kappa shape index (κ1) is 25.4. The minimum absolute atomic E-state index is 0. The molecule has 0 atom stereocenters. The molecule has 1 aromatic carbocycles. The maximum atomic E-state index is 6.07. The zero-order valence-corrected chi connectivity index (χ0v) is 20.6. The summed E-state index contributed by atoms with van der Waals surface area (Å²) in [6.07, 6.45) is 2.68. The van der Waals surface area contributed by atoms with Crippen LogP contribution in [0.1, 0.15) is 18.2 Å². The van der Waals surface area contributed by atoms with E-state index in [-0.39, 0.29) is 24.0 Å². The van der Waals surface area contributed by atoms with Gasteiger partial charge in [0.05, 0.1) is 19.8 Å². The molecule has 31 heavy (non-hydrogen) atoms. The highest BCUT2D eigenvalue weighted by Gasteiger charge is 2.10. The van der Waals surface area contributed by atoms with Gasteiger partial charge in [0.2, 0.25) is 0 Å². The third-order valence-electron chi connectivity index (χ3n) is 4.89. The van der Waals surface area contributed by atoms with Crippen molar-refractivity contribution in [3.05, 3.63) is 59.9 Å². The molecule has 8 heteroatoms. The minimum Gasteiger partial charge on any atom is -0.492 e. The second kappa shape index (κ2) is 15.0. The summed E-state index contributed by atoms with van der Waals surface area (Å²) in [5.41, 5.74) is 2.15. The first-order valence-corrected chi connectivity index (χ1v) is 10.8. The number of ether oxygens (including phenoxy) is 2. The minimum atomic E-state index is 0. The summed E-state index contributed by atoms with van der Waals surface area (Å²) in [4.78, 5) is 11.5. The van der Waals surface area contributed by atoms with Crippen LogP contribution in [-0.4, -0.2) is 68.4 Å². The van der Waals surface area contributed by atoms with Crippen LogP contribution in [0.25, 0.3) is 0 Å². The number of guanidine groups is 1. The number of aromatic nitrogens is 1. The second-order valence-electron chi connectivity index (χ2n) is 7.10. The average molecular weight is 539 g/mol.